The molecule has 0 spiro atoms. The fourth-order valence-corrected chi connectivity index (χ4v) is 3.09. The Kier molecular flexibility index (Phi) is 5.46. The second kappa shape index (κ2) is 7.11. The molecular formula is C15H15BrFNOS. The van der Waals surface area contributed by atoms with E-state index in [4.69, 9.17) is 0 Å². The second-order valence-corrected chi connectivity index (χ2v) is 6.97. The van der Waals surface area contributed by atoms with Crippen molar-refractivity contribution < 1.29 is 9.18 Å². The Morgan fingerprint density at radius 2 is 2.05 bits per heavy atom. The predicted molar refractivity (Wildman–Crippen MR) is 83.7 cm³/mol. The average molecular weight is 356 g/mol. The lowest BCUT2D eigenvalue weighted by molar-refractivity contribution is 0.0968. The zero-order valence-corrected chi connectivity index (χ0v) is 13.5. The molecule has 1 aromatic heterocycles. The quantitative estimate of drug-likeness (QED) is 0.717. The summed E-state index contributed by atoms with van der Waals surface area (Å²) in [5.41, 5.74) is 1.80. The van der Waals surface area contributed by atoms with E-state index in [1.165, 1.54) is 29.8 Å². The number of Topliss-reactive ketones (excluding diaryl/α,β-unsaturated/α-hetero) is 1. The molecule has 0 unspecified atom stereocenters. The molecule has 2 rings (SSSR count). The van der Waals surface area contributed by atoms with Gasteiger partial charge in [0.25, 0.3) is 0 Å². The number of hydrogen-bond donors (Lipinski definition) is 0. The van der Waals surface area contributed by atoms with Crippen molar-refractivity contribution in [2.24, 2.45) is 0 Å². The highest BCUT2D eigenvalue weighted by molar-refractivity contribution is 9.11. The van der Waals surface area contributed by atoms with Crippen LogP contribution in [0, 0.1) is 5.82 Å². The van der Waals surface area contributed by atoms with Crippen LogP contribution in [0.25, 0.3) is 0 Å². The van der Waals surface area contributed by atoms with Gasteiger partial charge < -0.3 is 4.90 Å². The number of rotatable bonds is 6. The molecule has 2 aromatic rings. The summed E-state index contributed by atoms with van der Waals surface area (Å²) in [6.45, 7) is 1.50. The van der Waals surface area contributed by atoms with E-state index in [1.807, 2.05) is 7.05 Å². The lowest BCUT2D eigenvalue weighted by Gasteiger charge is -2.15. The van der Waals surface area contributed by atoms with E-state index >= 15 is 0 Å². The van der Waals surface area contributed by atoms with Crippen molar-refractivity contribution in [2.45, 2.75) is 13.0 Å². The van der Waals surface area contributed by atoms with E-state index in [2.05, 4.69) is 32.3 Å². The summed E-state index contributed by atoms with van der Waals surface area (Å²) in [5.74, 6) is -0.273. The third kappa shape index (κ3) is 4.51. The fourth-order valence-electron chi connectivity index (χ4n) is 1.89. The van der Waals surface area contributed by atoms with Crippen LogP contribution in [0.3, 0.4) is 0 Å². The molecule has 2 nitrogen and oxygen atoms in total. The van der Waals surface area contributed by atoms with Crippen molar-refractivity contribution in [2.75, 3.05) is 13.6 Å². The lowest BCUT2D eigenvalue weighted by atomic mass is 10.1. The Hall–Kier alpha value is -1.04. The minimum absolute atomic E-state index is 0.0448. The van der Waals surface area contributed by atoms with Crippen LogP contribution in [0.4, 0.5) is 4.39 Å². The predicted octanol–water partition coefficient (Wildman–Crippen LogP) is 4.35. The monoisotopic (exact) mass is 355 g/mol. The molecule has 0 N–H and O–H groups in total. The van der Waals surface area contributed by atoms with Gasteiger partial charge in [-0.05, 0) is 64.3 Å². The topological polar surface area (TPSA) is 20.3 Å². The minimum Gasteiger partial charge on any atom is -0.302 e. The van der Waals surface area contributed by atoms with Gasteiger partial charge in [-0.3, -0.25) is 4.79 Å². The van der Waals surface area contributed by atoms with Crippen molar-refractivity contribution in [1.82, 2.24) is 4.90 Å². The van der Waals surface area contributed by atoms with Crippen LogP contribution in [-0.4, -0.2) is 24.3 Å². The molecule has 5 heteroatoms. The first-order valence-corrected chi connectivity index (χ1v) is 7.92. The van der Waals surface area contributed by atoms with Gasteiger partial charge >= 0.3 is 0 Å². The first kappa shape index (κ1) is 15.4. The van der Waals surface area contributed by atoms with Crippen LogP contribution < -0.4 is 0 Å². The maximum atomic E-state index is 12.8. The SMILES string of the molecule is CN(CCC(=O)c1ccc(F)cc1)Cc1csc(Br)c1. The van der Waals surface area contributed by atoms with Crippen molar-refractivity contribution in [3.05, 3.63) is 56.4 Å². The maximum absolute atomic E-state index is 12.8. The summed E-state index contributed by atoms with van der Waals surface area (Å²) in [5, 5.41) is 2.10. The average Bonchev–Trinajstić information content (AvgIpc) is 2.82. The molecule has 1 heterocycles. The van der Waals surface area contributed by atoms with E-state index in [9.17, 15) is 9.18 Å². The Balaban J connectivity index is 1.82. The van der Waals surface area contributed by atoms with Gasteiger partial charge in [0.2, 0.25) is 0 Å². The summed E-state index contributed by atoms with van der Waals surface area (Å²) >= 11 is 5.09. The molecule has 1 aromatic carbocycles. The van der Waals surface area contributed by atoms with Crippen LogP contribution in [0.2, 0.25) is 0 Å². The molecule has 0 saturated carbocycles. The number of ketones is 1. The van der Waals surface area contributed by atoms with Crippen LogP contribution in [0.15, 0.2) is 39.5 Å². The van der Waals surface area contributed by atoms with Crippen LogP contribution >= 0.6 is 27.3 Å². The Bertz CT molecular complexity index is 582. The highest BCUT2D eigenvalue weighted by Gasteiger charge is 2.08. The molecule has 20 heavy (non-hydrogen) atoms. The summed E-state index contributed by atoms with van der Waals surface area (Å²) < 4.78 is 13.9. The lowest BCUT2D eigenvalue weighted by Crippen LogP contribution is -2.21. The van der Waals surface area contributed by atoms with E-state index in [-0.39, 0.29) is 11.6 Å². The smallest absolute Gasteiger partial charge is 0.164 e. The normalized spacial score (nSPS) is 11.0. The van der Waals surface area contributed by atoms with E-state index in [0.29, 0.717) is 18.5 Å². The van der Waals surface area contributed by atoms with E-state index in [1.54, 1.807) is 11.3 Å². The molecule has 106 valence electrons. The van der Waals surface area contributed by atoms with Crippen LogP contribution in [-0.2, 0) is 6.54 Å². The third-order valence-corrected chi connectivity index (χ3v) is 4.51. The fraction of sp³-hybridized carbons (Fsp3) is 0.267. The minimum atomic E-state index is -0.318. The zero-order chi connectivity index (χ0) is 14.5. The molecule has 0 fully saturated rings. The molecule has 0 bridgehead atoms. The highest BCUT2D eigenvalue weighted by atomic mass is 79.9. The molecular weight excluding hydrogens is 341 g/mol. The van der Waals surface area contributed by atoms with Crippen LogP contribution in [0.5, 0.6) is 0 Å². The highest BCUT2D eigenvalue weighted by Crippen LogP contribution is 2.21. The van der Waals surface area contributed by atoms with Crippen LogP contribution in [0.1, 0.15) is 22.3 Å². The molecule has 0 radical (unpaired) electrons. The van der Waals surface area contributed by atoms with Crippen molar-refractivity contribution in [1.29, 1.82) is 0 Å². The van der Waals surface area contributed by atoms with Gasteiger partial charge in [-0.1, -0.05) is 0 Å². The Morgan fingerprint density at radius 3 is 2.65 bits per heavy atom. The molecule has 0 saturated heterocycles. The number of hydrogen-bond acceptors (Lipinski definition) is 3. The summed E-state index contributed by atoms with van der Waals surface area (Å²) in [4.78, 5) is 14.1. The number of carbonyl (C=O) groups excluding carboxylic acids is 1. The number of thiophene rings is 1. The maximum Gasteiger partial charge on any atom is 0.164 e. The third-order valence-electron chi connectivity index (χ3n) is 2.96. The molecule has 0 aliphatic carbocycles. The van der Waals surface area contributed by atoms with Gasteiger partial charge in [-0.25, -0.2) is 4.39 Å². The van der Waals surface area contributed by atoms with Crippen molar-refractivity contribution in [3.63, 3.8) is 0 Å². The molecule has 0 aliphatic heterocycles. The molecule has 0 aliphatic rings. The summed E-state index contributed by atoms with van der Waals surface area (Å²) in [6.07, 6.45) is 0.438. The number of nitrogens with zero attached hydrogens (tertiary/aromatic N) is 1. The van der Waals surface area contributed by atoms with Gasteiger partial charge in [-0.15, -0.1) is 11.3 Å². The Labute approximate surface area is 130 Å². The van der Waals surface area contributed by atoms with Gasteiger partial charge in [0, 0.05) is 25.1 Å². The molecule has 0 amide bonds. The Morgan fingerprint density at radius 1 is 1.35 bits per heavy atom. The van der Waals surface area contributed by atoms with E-state index < -0.39 is 0 Å². The van der Waals surface area contributed by atoms with E-state index in [0.717, 1.165) is 10.3 Å². The van der Waals surface area contributed by atoms with Gasteiger partial charge in [-0.2, -0.15) is 0 Å². The summed E-state index contributed by atoms with van der Waals surface area (Å²) in [7, 11) is 1.99. The largest absolute Gasteiger partial charge is 0.302 e. The number of benzene rings is 1. The van der Waals surface area contributed by atoms with Gasteiger partial charge in [0.1, 0.15) is 5.82 Å². The number of carbonyl (C=O) groups is 1. The summed E-state index contributed by atoms with van der Waals surface area (Å²) in [6, 6.07) is 7.80. The first-order chi connectivity index (χ1) is 9.54. The van der Waals surface area contributed by atoms with Gasteiger partial charge in [0.05, 0.1) is 3.79 Å². The van der Waals surface area contributed by atoms with Crippen molar-refractivity contribution in [3.8, 4) is 0 Å². The number of halogens is 2. The van der Waals surface area contributed by atoms with Crippen molar-refractivity contribution >= 4 is 33.0 Å². The molecule has 0 atom stereocenters. The first-order valence-electron chi connectivity index (χ1n) is 6.25. The second-order valence-electron chi connectivity index (χ2n) is 4.68. The standard InChI is InChI=1S/C15H15BrFNOS/c1-18(9-11-8-15(16)20-10-11)7-6-14(19)12-2-4-13(17)5-3-12/h2-5,8,10H,6-7,9H2,1H3. The zero-order valence-electron chi connectivity index (χ0n) is 11.1. The van der Waals surface area contributed by atoms with Gasteiger partial charge in [0.15, 0.2) is 5.78 Å².